The highest BCUT2D eigenvalue weighted by Crippen LogP contribution is 2.30. The van der Waals surface area contributed by atoms with Crippen LogP contribution in [0.25, 0.3) is 0 Å². The number of esters is 1. The van der Waals surface area contributed by atoms with Gasteiger partial charge in [-0.2, -0.15) is 12.6 Å². The van der Waals surface area contributed by atoms with E-state index in [1.807, 2.05) is 18.2 Å². The van der Waals surface area contributed by atoms with E-state index in [4.69, 9.17) is 24.1 Å². The molecule has 0 spiro atoms. The number of benzene rings is 3. The molecule has 1 amide bonds. The summed E-state index contributed by atoms with van der Waals surface area (Å²) < 4.78 is 23.8. The highest BCUT2D eigenvalue weighted by atomic mass is 79.9. The highest BCUT2D eigenvalue weighted by Gasteiger charge is 2.30. The minimum Gasteiger partial charge on any atom is -0.491 e. The maximum absolute atomic E-state index is 13.0. The Kier molecular flexibility index (Phi) is 11.6. The highest BCUT2D eigenvalue weighted by molar-refractivity contribution is 9.10. The van der Waals surface area contributed by atoms with Gasteiger partial charge in [0.15, 0.2) is 6.10 Å². The van der Waals surface area contributed by atoms with Gasteiger partial charge in [-0.1, -0.05) is 46.3 Å². The van der Waals surface area contributed by atoms with Crippen LogP contribution < -0.4 is 14.8 Å². The first-order valence-electron chi connectivity index (χ1n) is 11.5. The van der Waals surface area contributed by atoms with Crippen molar-refractivity contribution in [1.82, 2.24) is 0 Å². The Morgan fingerprint density at radius 1 is 0.946 bits per heavy atom. The van der Waals surface area contributed by atoms with Gasteiger partial charge in [0.2, 0.25) is 0 Å². The van der Waals surface area contributed by atoms with Crippen LogP contribution in [0.1, 0.15) is 18.1 Å². The maximum Gasteiger partial charge on any atom is 0.412 e. The van der Waals surface area contributed by atoms with E-state index in [0.29, 0.717) is 22.7 Å². The monoisotopic (exact) mass is 589 g/mol. The lowest BCUT2D eigenvalue weighted by molar-refractivity contribution is -0.141. The molecule has 0 unspecified atom stereocenters. The molecular weight excluding hydrogens is 562 g/mol. The predicted octanol–water partition coefficient (Wildman–Crippen LogP) is 5.42. The lowest BCUT2D eigenvalue weighted by Gasteiger charge is -2.28. The second-order valence-corrected chi connectivity index (χ2v) is 8.97. The van der Waals surface area contributed by atoms with Gasteiger partial charge in [-0.15, -0.1) is 0 Å². The van der Waals surface area contributed by atoms with Crippen molar-refractivity contribution in [3.8, 4) is 11.5 Å². The fourth-order valence-corrected chi connectivity index (χ4v) is 3.74. The van der Waals surface area contributed by atoms with Gasteiger partial charge < -0.3 is 24.1 Å². The topological polar surface area (TPSA) is 103 Å². The Bertz CT molecular complexity index is 1130. The van der Waals surface area contributed by atoms with E-state index in [0.717, 1.165) is 4.47 Å². The molecule has 3 rings (SSSR count). The summed E-state index contributed by atoms with van der Waals surface area (Å²) in [5.74, 6) is 0.534. The van der Waals surface area contributed by atoms with Gasteiger partial charge in [0.25, 0.3) is 0 Å². The number of ether oxygens (including phenoxy) is 4. The van der Waals surface area contributed by atoms with Crippen LogP contribution in [0.4, 0.5) is 10.5 Å². The number of hydrogen-bond acceptors (Lipinski definition) is 8. The van der Waals surface area contributed by atoms with Crippen LogP contribution in [0.5, 0.6) is 11.5 Å². The molecule has 0 fully saturated rings. The molecule has 0 saturated heterocycles. The van der Waals surface area contributed by atoms with Crippen LogP contribution in [0, 0.1) is 0 Å². The van der Waals surface area contributed by atoms with Gasteiger partial charge in [0.05, 0.1) is 19.0 Å². The van der Waals surface area contributed by atoms with E-state index in [1.165, 1.54) is 0 Å². The fraction of sp³-hybridized carbons (Fsp3) is 0.259. The van der Waals surface area contributed by atoms with Crippen LogP contribution >= 0.6 is 28.6 Å². The SMILES string of the molecule is O=C(CS)OCC[C@@H](Oc1ccccc1)[C@H](OC(=O)Nc1ccc(Br)cc1)c1cccc(OCCO)c1. The molecule has 3 aromatic rings. The standard InChI is InChI=1S/C27H28BrNO7S/c28-20-9-11-21(12-10-20)29-27(32)36-26(19-5-4-8-23(17-19)33-16-14-30)24(13-15-34-25(31)18-37)35-22-6-2-1-3-7-22/h1-12,17,24,26,30,37H,13-16,18H2,(H,29,32)/t24-,26-/m1/s1. The molecule has 0 aliphatic heterocycles. The number of aliphatic hydroxyl groups excluding tert-OH is 1. The zero-order valence-corrected chi connectivity index (χ0v) is 22.4. The summed E-state index contributed by atoms with van der Waals surface area (Å²) in [4.78, 5) is 24.6. The van der Waals surface area contributed by atoms with Gasteiger partial charge in [-0.05, 0) is 54.1 Å². The molecule has 3 aromatic carbocycles. The zero-order chi connectivity index (χ0) is 26.5. The molecule has 0 saturated carbocycles. The van der Waals surface area contributed by atoms with Gasteiger partial charge in [0, 0.05) is 16.6 Å². The second-order valence-electron chi connectivity index (χ2n) is 7.74. The van der Waals surface area contributed by atoms with E-state index < -0.39 is 24.3 Å². The summed E-state index contributed by atoms with van der Waals surface area (Å²) in [6.07, 6.45) is -2.09. The summed E-state index contributed by atoms with van der Waals surface area (Å²) in [5.41, 5.74) is 1.15. The number of aliphatic hydroxyl groups is 1. The number of para-hydroxylation sites is 1. The average Bonchev–Trinajstić information content (AvgIpc) is 2.92. The molecule has 2 N–H and O–H groups in total. The van der Waals surface area contributed by atoms with E-state index in [1.54, 1.807) is 60.7 Å². The molecular formula is C27H28BrNO7S. The number of halogens is 1. The van der Waals surface area contributed by atoms with E-state index in [2.05, 4.69) is 33.9 Å². The van der Waals surface area contributed by atoms with Gasteiger partial charge in [0.1, 0.15) is 24.2 Å². The molecule has 0 aromatic heterocycles. The molecule has 196 valence electrons. The van der Waals surface area contributed by atoms with E-state index in [9.17, 15) is 9.59 Å². The van der Waals surface area contributed by atoms with Gasteiger partial charge in [-0.25, -0.2) is 4.79 Å². The van der Waals surface area contributed by atoms with Gasteiger partial charge in [-0.3, -0.25) is 10.1 Å². The van der Waals surface area contributed by atoms with Crippen LogP contribution in [0.2, 0.25) is 0 Å². The molecule has 0 heterocycles. The first-order chi connectivity index (χ1) is 18.0. The molecule has 0 aliphatic carbocycles. The minimum absolute atomic E-state index is 0.0335. The number of hydrogen-bond donors (Lipinski definition) is 3. The maximum atomic E-state index is 13.0. The Morgan fingerprint density at radius 3 is 2.38 bits per heavy atom. The number of rotatable bonds is 13. The normalized spacial score (nSPS) is 12.2. The summed E-state index contributed by atoms with van der Waals surface area (Å²) in [5, 5.41) is 11.8. The van der Waals surface area contributed by atoms with E-state index in [-0.39, 0.29) is 32.0 Å². The van der Waals surface area contributed by atoms with Crippen LogP contribution in [0.15, 0.2) is 83.3 Å². The summed E-state index contributed by atoms with van der Waals surface area (Å²) in [6.45, 7) is 0.00441. The molecule has 8 nitrogen and oxygen atoms in total. The fourth-order valence-electron chi connectivity index (χ4n) is 3.38. The quantitative estimate of drug-likeness (QED) is 0.181. The third-order valence-corrected chi connectivity index (χ3v) is 5.82. The summed E-state index contributed by atoms with van der Waals surface area (Å²) in [7, 11) is 0. The molecule has 0 bridgehead atoms. The van der Waals surface area contributed by atoms with Crippen LogP contribution in [-0.4, -0.2) is 48.8 Å². The minimum atomic E-state index is -0.900. The first kappa shape index (κ1) is 28.4. The van der Waals surface area contributed by atoms with Gasteiger partial charge >= 0.3 is 12.1 Å². The van der Waals surface area contributed by atoms with E-state index >= 15 is 0 Å². The summed E-state index contributed by atoms with van der Waals surface area (Å²) >= 11 is 7.31. The molecule has 2 atom stereocenters. The Balaban J connectivity index is 1.89. The van der Waals surface area contributed by atoms with Crippen LogP contribution in [-0.2, 0) is 14.3 Å². The van der Waals surface area contributed by atoms with Crippen molar-refractivity contribution in [1.29, 1.82) is 0 Å². The largest absolute Gasteiger partial charge is 0.491 e. The Hall–Kier alpha value is -3.21. The summed E-state index contributed by atoms with van der Waals surface area (Å²) in [6, 6.07) is 23.1. The smallest absolute Gasteiger partial charge is 0.412 e. The second kappa shape index (κ2) is 15.1. The number of nitrogens with one attached hydrogen (secondary N) is 1. The van der Waals surface area contributed by atoms with Crippen molar-refractivity contribution in [3.63, 3.8) is 0 Å². The third-order valence-electron chi connectivity index (χ3n) is 5.03. The zero-order valence-electron chi connectivity index (χ0n) is 19.9. The number of anilines is 1. The third kappa shape index (κ3) is 9.64. The molecule has 10 heteroatoms. The lowest BCUT2D eigenvalue weighted by atomic mass is 10.0. The predicted molar refractivity (Wildman–Crippen MR) is 146 cm³/mol. The van der Waals surface area contributed by atoms with Crippen molar-refractivity contribution >= 4 is 46.3 Å². The van der Waals surface area contributed by atoms with Crippen molar-refractivity contribution in [3.05, 3.63) is 88.9 Å². The molecule has 0 aliphatic rings. The average molecular weight is 590 g/mol. The molecule has 0 radical (unpaired) electrons. The van der Waals surface area contributed by atoms with Crippen molar-refractivity contribution in [2.24, 2.45) is 0 Å². The number of amides is 1. The lowest BCUT2D eigenvalue weighted by Crippen LogP contribution is -2.32. The van der Waals surface area contributed by atoms with Crippen molar-refractivity contribution in [2.75, 3.05) is 30.9 Å². The van der Waals surface area contributed by atoms with Crippen molar-refractivity contribution in [2.45, 2.75) is 18.6 Å². The van der Waals surface area contributed by atoms with Crippen LogP contribution in [0.3, 0.4) is 0 Å². The number of thiol groups is 1. The Labute approximate surface area is 229 Å². The van der Waals surface area contributed by atoms with Crippen molar-refractivity contribution < 1.29 is 33.6 Å². The number of carbonyl (C=O) groups excluding carboxylic acids is 2. The first-order valence-corrected chi connectivity index (χ1v) is 13.0. The molecule has 37 heavy (non-hydrogen) atoms. The Morgan fingerprint density at radius 2 is 1.68 bits per heavy atom. The number of carbonyl (C=O) groups is 2.